The number of amides is 1. The predicted octanol–water partition coefficient (Wildman–Crippen LogP) is 4.06. The Morgan fingerprint density at radius 2 is 1.76 bits per heavy atom. The highest BCUT2D eigenvalue weighted by Crippen LogP contribution is 2.43. The summed E-state index contributed by atoms with van der Waals surface area (Å²) >= 11 is 0. The topological polar surface area (TPSA) is 53.1 Å². The van der Waals surface area contributed by atoms with Crippen LogP contribution < -0.4 is 9.80 Å². The molecule has 9 heteroatoms. The van der Waals surface area contributed by atoms with Crippen molar-refractivity contribution in [3.63, 3.8) is 0 Å². The number of hydrogen-bond acceptors (Lipinski definition) is 5. The number of ether oxygens (including phenoxy) is 1. The number of nitrogens with zero attached hydrogens (tertiary/aromatic N) is 3. The molecule has 1 aromatic rings. The minimum Gasteiger partial charge on any atom is -0.378 e. The van der Waals surface area contributed by atoms with Crippen LogP contribution in [0.1, 0.15) is 41.6 Å². The Morgan fingerprint density at radius 3 is 2.44 bits per heavy atom. The van der Waals surface area contributed by atoms with Gasteiger partial charge in [0, 0.05) is 43.7 Å². The SMILES string of the molecule is O=CC1CCC(N2Cc3cc(N4CC=CC=C4C(F)(F)F)c(N4CCOCC4)cc3C2=O)CC1. The number of carbonyl (C=O) groups excluding carboxylic acids is 2. The highest BCUT2D eigenvalue weighted by atomic mass is 19.4. The van der Waals surface area contributed by atoms with Gasteiger partial charge >= 0.3 is 6.18 Å². The Morgan fingerprint density at radius 1 is 1.03 bits per heavy atom. The number of morpholine rings is 1. The molecule has 0 unspecified atom stereocenters. The number of alkyl halides is 3. The standard InChI is InChI=1S/C25H28F3N3O3/c26-25(27,28)23-3-1-2-8-30(23)22-13-18-15-31(19-6-4-17(16-32)5-7-19)24(33)20(18)14-21(22)29-9-11-34-12-10-29/h1-3,13-14,16-17,19H,4-12,15H2. The maximum atomic E-state index is 13.9. The Balaban J connectivity index is 1.51. The van der Waals surface area contributed by atoms with Gasteiger partial charge in [0.05, 0.1) is 24.6 Å². The van der Waals surface area contributed by atoms with E-state index in [-0.39, 0.29) is 24.4 Å². The fraction of sp³-hybridized carbons (Fsp3) is 0.520. The number of anilines is 2. The molecule has 1 saturated carbocycles. The van der Waals surface area contributed by atoms with Crippen LogP contribution >= 0.6 is 0 Å². The quantitative estimate of drug-likeness (QED) is 0.615. The lowest BCUT2D eigenvalue weighted by Gasteiger charge is -2.36. The molecule has 0 spiro atoms. The van der Waals surface area contributed by atoms with Gasteiger partial charge in [-0.05, 0) is 49.5 Å². The molecule has 1 aliphatic carbocycles. The van der Waals surface area contributed by atoms with Gasteiger partial charge in [0.25, 0.3) is 5.91 Å². The molecule has 6 nitrogen and oxygen atoms in total. The lowest BCUT2D eigenvalue weighted by molar-refractivity contribution is -0.112. The molecule has 1 amide bonds. The summed E-state index contributed by atoms with van der Waals surface area (Å²) < 4.78 is 47.1. The van der Waals surface area contributed by atoms with Gasteiger partial charge in [-0.1, -0.05) is 12.2 Å². The first-order valence-corrected chi connectivity index (χ1v) is 11.8. The lowest BCUT2D eigenvalue weighted by atomic mass is 9.86. The van der Waals surface area contributed by atoms with Crippen LogP contribution in [0.4, 0.5) is 24.5 Å². The molecule has 182 valence electrons. The molecule has 0 radical (unpaired) electrons. The second-order valence-corrected chi connectivity index (χ2v) is 9.32. The Bertz CT molecular complexity index is 1020. The van der Waals surface area contributed by atoms with E-state index in [0.29, 0.717) is 49.8 Å². The minimum absolute atomic E-state index is 0.0509. The highest BCUT2D eigenvalue weighted by molar-refractivity contribution is 6.01. The third-order valence-corrected chi connectivity index (χ3v) is 7.31. The summed E-state index contributed by atoms with van der Waals surface area (Å²) in [7, 11) is 0. The lowest BCUT2D eigenvalue weighted by Crippen LogP contribution is -2.39. The predicted molar refractivity (Wildman–Crippen MR) is 122 cm³/mol. The van der Waals surface area contributed by atoms with Crippen molar-refractivity contribution in [2.45, 2.75) is 44.4 Å². The number of allylic oxidation sites excluding steroid dienone is 3. The fourth-order valence-corrected chi connectivity index (χ4v) is 5.47. The molecule has 0 aromatic heterocycles. The molecule has 0 N–H and O–H groups in total. The van der Waals surface area contributed by atoms with Crippen molar-refractivity contribution < 1.29 is 27.5 Å². The molecule has 0 atom stereocenters. The third-order valence-electron chi connectivity index (χ3n) is 7.31. The molecule has 3 aliphatic heterocycles. The first-order chi connectivity index (χ1) is 16.4. The zero-order chi connectivity index (χ0) is 23.9. The number of fused-ring (bicyclic) bond motifs is 1. The van der Waals surface area contributed by atoms with Crippen LogP contribution in [0.25, 0.3) is 0 Å². The molecule has 3 heterocycles. The smallest absolute Gasteiger partial charge is 0.378 e. The first-order valence-electron chi connectivity index (χ1n) is 11.8. The van der Waals surface area contributed by atoms with Crippen LogP contribution in [-0.2, 0) is 16.1 Å². The molecule has 1 aromatic carbocycles. The molecular formula is C25H28F3N3O3. The third kappa shape index (κ3) is 4.21. The van der Waals surface area contributed by atoms with Gasteiger partial charge in [-0.2, -0.15) is 13.2 Å². The second-order valence-electron chi connectivity index (χ2n) is 9.32. The van der Waals surface area contributed by atoms with E-state index in [2.05, 4.69) is 0 Å². The molecular weight excluding hydrogens is 447 g/mol. The van der Waals surface area contributed by atoms with Gasteiger partial charge in [0.2, 0.25) is 0 Å². The normalized spacial score (nSPS) is 25.4. The van der Waals surface area contributed by atoms with Gasteiger partial charge in [0.15, 0.2) is 0 Å². The Kier molecular flexibility index (Phi) is 6.14. The number of rotatable bonds is 4. The number of benzene rings is 1. The summed E-state index contributed by atoms with van der Waals surface area (Å²) in [6, 6.07) is 3.60. The zero-order valence-electron chi connectivity index (χ0n) is 18.9. The van der Waals surface area contributed by atoms with Crippen molar-refractivity contribution in [2.75, 3.05) is 42.6 Å². The van der Waals surface area contributed by atoms with Gasteiger partial charge in [-0.25, -0.2) is 0 Å². The first kappa shape index (κ1) is 23.0. The minimum atomic E-state index is -4.49. The maximum Gasteiger partial charge on any atom is 0.431 e. The number of hydrogen-bond donors (Lipinski definition) is 0. The van der Waals surface area contributed by atoms with E-state index < -0.39 is 11.9 Å². The monoisotopic (exact) mass is 475 g/mol. The summed E-state index contributed by atoms with van der Waals surface area (Å²) in [4.78, 5) is 29.7. The maximum absolute atomic E-state index is 13.9. The molecule has 0 bridgehead atoms. The van der Waals surface area contributed by atoms with Crippen molar-refractivity contribution in [1.82, 2.24) is 4.90 Å². The molecule has 2 fully saturated rings. The summed E-state index contributed by atoms with van der Waals surface area (Å²) in [5, 5.41) is 0. The van der Waals surface area contributed by atoms with Crippen LogP contribution in [-0.4, -0.2) is 62.2 Å². The van der Waals surface area contributed by atoms with Crippen molar-refractivity contribution in [1.29, 1.82) is 0 Å². The van der Waals surface area contributed by atoms with Crippen LogP contribution in [0.3, 0.4) is 0 Å². The van der Waals surface area contributed by atoms with Crippen LogP contribution in [0.5, 0.6) is 0 Å². The second kappa shape index (κ2) is 9.09. The largest absolute Gasteiger partial charge is 0.431 e. The van der Waals surface area contributed by atoms with E-state index in [9.17, 15) is 22.8 Å². The molecule has 5 rings (SSSR count). The van der Waals surface area contributed by atoms with Crippen LogP contribution in [0.2, 0.25) is 0 Å². The van der Waals surface area contributed by atoms with Gasteiger partial charge in [-0.3, -0.25) is 4.79 Å². The highest BCUT2D eigenvalue weighted by Gasteiger charge is 2.41. The zero-order valence-corrected chi connectivity index (χ0v) is 18.9. The summed E-state index contributed by atoms with van der Waals surface area (Å²) in [5.41, 5.74) is 1.71. The van der Waals surface area contributed by atoms with E-state index in [1.807, 2.05) is 9.80 Å². The number of aldehydes is 1. The molecule has 1 saturated heterocycles. The molecule has 34 heavy (non-hydrogen) atoms. The van der Waals surface area contributed by atoms with Crippen LogP contribution in [0, 0.1) is 5.92 Å². The molecule has 4 aliphatic rings. The van der Waals surface area contributed by atoms with Crippen molar-refractivity contribution in [2.24, 2.45) is 5.92 Å². The van der Waals surface area contributed by atoms with E-state index in [0.717, 1.165) is 43.6 Å². The van der Waals surface area contributed by atoms with Crippen molar-refractivity contribution in [3.8, 4) is 0 Å². The summed E-state index contributed by atoms with van der Waals surface area (Å²) in [6.07, 6.45) is 3.80. The van der Waals surface area contributed by atoms with E-state index in [1.54, 1.807) is 18.2 Å². The van der Waals surface area contributed by atoms with Crippen LogP contribution in [0.15, 0.2) is 36.1 Å². The van der Waals surface area contributed by atoms with E-state index in [1.165, 1.54) is 11.0 Å². The number of halogens is 3. The van der Waals surface area contributed by atoms with Gasteiger partial charge in [0.1, 0.15) is 12.0 Å². The average Bonchev–Trinajstić information content (AvgIpc) is 3.18. The Labute approximate surface area is 196 Å². The van der Waals surface area contributed by atoms with E-state index in [4.69, 9.17) is 4.74 Å². The van der Waals surface area contributed by atoms with Crippen molar-refractivity contribution in [3.05, 3.63) is 47.2 Å². The number of carbonyl (C=O) groups is 2. The average molecular weight is 476 g/mol. The van der Waals surface area contributed by atoms with Gasteiger partial charge < -0.3 is 24.2 Å². The van der Waals surface area contributed by atoms with Gasteiger partial charge in [-0.15, -0.1) is 0 Å². The Hall–Kier alpha value is -2.81. The van der Waals surface area contributed by atoms with Crippen molar-refractivity contribution >= 4 is 23.6 Å². The van der Waals surface area contributed by atoms with E-state index >= 15 is 0 Å². The summed E-state index contributed by atoms with van der Waals surface area (Å²) in [6.45, 7) is 2.56. The fourth-order valence-electron chi connectivity index (χ4n) is 5.47. The summed E-state index contributed by atoms with van der Waals surface area (Å²) in [5.74, 6) is -0.0219.